The number of imidazole rings is 1. The third-order valence-corrected chi connectivity index (χ3v) is 3.52. The molecule has 0 bridgehead atoms. The minimum atomic E-state index is 0.638. The monoisotopic (exact) mass is 236 g/mol. The number of aromatic amines is 1. The van der Waals surface area contributed by atoms with Crippen LogP contribution in [0.3, 0.4) is 0 Å². The Labute approximate surface area is 104 Å². The number of nitrogens with zero attached hydrogens (tertiary/aromatic N) is 2. The van der Waals surface area contributed by atoms with Crippen LogP contribution in [-0.4, -0.2) is 40.5 Å². The fraction of sp³-hybridized carbons (Fsp3) is 0.769. The average molecular weight is 236 g/mol. The molecule has 2 rings (SSSR count). The normalized spacial score (nSPS) is 19.4. The molecule has 0 aliphatic carbocycles. The van der Waals surface area contributed by atoms with E-state index < -0.39 is 0 Å². The van der Waals surface area contributed by atoms with Crippen molar-refractivity contribution in [2.24, 2.45) is 0 Å². The lowest BCUT2D eigenvalue weighted by Gasteiger charge is -2.32. The van der Waals surface area contributed by atoms with Gasteiger partial charge in [-0.1, -0.05) is 6.42 Å². The fourth-order valence-electron chi connectivity index (χ4n) is 2.47. The van der Waals surface area contributed by atoms with Gasteiger partial charge in [-0.2, -0.15) is 0 Å². The maximum atomic E-state index is 4.20. The molecule has 0 radical (unpaired) electrons. The van der Waals surface area contributed by atoms with Crippen molar-refractivity contribution in [3.63, 3.8) is 0 Å². The highest BCUT2D eigenvalue weighted by Gasteiger charge is 2.15. The molecule has 0 amide bonds. The van der Waals surface area contributed by atoms with E-state index in [1.807, 2.05) is 13.1 Å². The molecule has 4 nitrogen and oxygen atoms in total. The quantitative estimate of drug-likeness (QED) is 0.817. The van der Waals surface area contributed by atoms with Crippen LogP contribution in [0.4, 0.5) is 0 Å². The number of H-pyrrole nitrogens is 1. The molecule has 1 atom stereocenters. The summed E-state index contributed by atoms with van der Waals surface area (Å²) in [5.41, 5.74) is 1.17. The molecule has 2 heterocycles. The van der Waals surface area contributed by atoms with Gasteiger partial charge >= 0.3 is 0 Å². The number of nitrogens with one attached hydrogen (secondary N) is 2. The van der Waals surface area contributed by atoms with E-state index in [1.165, 1.54) is 38.0 Å². The number of aryl methyl sites for hydroxylation is 1. The van der Waals surface area contributed by atoms with Crippen LogP contribution in [0.5, 0.6) is 0 Å². The molecular formula is C13H24N4. The van der Waals surface area contributed by atoms with Crippen molar-refractivity contribution in [1.82, 2.24) is 20.2 Å². The maximum Gasteiger partial charge on any atom is 0.103 e. The third kappa shape index (κ3) is 3.82. The van der Waals surface area contributed by atoms with Crippen molar-refractivity contribution in [3.8, 4) is 0 Å². The predicted octanol–water partition coefficient (Wildman–Crippen LogP) is 1.68. The first-order valence-electron chi connectivity index (χ1n) is 6.71. The number of hydrogen-bond acceptors (Lipinski definition) is 3. The zero-order chi connectivity index (χ0) is 12.1. The molecule has 1 aliphatic heterocycles. The second kappa shape index (κ2) is 6.17. The molecule has 1 aromatic heterocycles. The second-order valence-electron chi connectivity index (χ2n) is 5.07. The summed E-state index contributed by atoms with van der Waals surface area (Å²) in [6, 6.07) is 0.638. The van der Waals surface area contributed by atoms with Crippen molar-refractivity contribution in [2.75, 3.05) is 19.6 Å². The Morgan fingerprint density at radius 1 is 1.41 bits per heavy atom. The first kappa shape index (κ1) is 12.6. The third-order valence-electron chi connectivity index (χ3n) is 3.52. The molecule has 1 fully saturated rings. The average Bonchev–Trinajstić information content (AvgIpc) is 2.76. The van der Waals surface area contributed by atoms with E-state index in [0.29, 0.717) is 6.04 Å². The lowest BCUT2D eigenvalue weighted by Crippen LogP contribution is -2.42. The molecule has 4 heteroatoms. The van der Waals surface area contributed by atoms with Gasteiger partial charge in [0.1, 0.15) is 5.82 Å². The van der Waals surface area contributed by atoms with Crippen LogP contribution in [0, 0.1) is 6.92 Å². The molecule has 0 spiro atoms. The minimum absolute atomic E-state index is 0.638. The summed E-state index contributed by atoms with van der Waals surface area (Å²) in [7, 11) is 0. The van der Waals surface area contributed by atoms with Crippen LogP contribution in [0.1, 0.15) is 37.7 Å². The Morgan fingerprint density at radius 3 is 2.82 bits per heavy atom. The lowest BCUT2D eigenvalue weighted by atomic mass is 10.1. The van der Waals surface area contributed by atoms with Crippen LogP contribution in [0.25, 0.3) is 0 Å². The van der Waals surface area contributed by atoms with E-state index in [9.17, 15) is 0 Å². The highest BCUT2D eigenvalue weighted by molar-refractivity contribution is 4.99. The van der Waals surface area contributed by atoms with Gasteiger partial charge in [0.15, 0.2) is 0 Å². The summed E-state index contributed by atoms with van der Waals surface area (Å²) in [5, 5.41) is 3.50. The van der Waals surface area contributed by atoms with Gasteiger partial charge in [-0.15, -0.1) is 0 Å². The molecule has 0 aromatic carbocycles. The Kier molecular flexibility index (Phi) is 4.57. The smallest absolute Gasteiger partial charge is 0.103 e. The first-order valence-corrected chi connectivity index (χ1v) is 6.71. The van der Waals surface area contributed by atoms with Gasteiger partial charge in [-0.25, -0.2) is 4.98 Å². The van der Waals surface area contributed by atoms with E-state index in [4.69, 9.17) is 0 Å². The topological polar surface area (TPSA) is 44.0 Å². The maximum absolute atomic E-state index is 4.20. The van der Waals surface area contributed by atoms with Crippen molar-refractivity contribution < 1.29 is 0 Å². The van der Waals surface area contributed by atoms with Crippen LogP contribution in [0.15, 0.2) is 6.20 Å². The summed E-state index contributed by atoms with van der Waals surface area (Å²) in [4.78, 5) is 10.0. The number of likely N-dealkylation sites (tertiary alicyclic amines) is 1. The zero-order valence-corrected chi connectivity index (χ0v) is 11.0. The minimum Gasteiger partial charge on any atom is -0.345 e. The number of rotatable bonds is 5. The summed E-state index contributed by atoms with van der Waals surface area (Å²) in [6.45, 7) is 8.78. The molecular weight excluding hydrogens is 212 g/mol. The van der Waals surface area contributed by atoms with Gasteiger partial charge in [-0.3, -0.25) is 4.90 Å². The van der Waals surface area contributed by atoms with E-state index >= 15 is 0 Å². The molecule has 0 saturated carbocycles. The van der Waals surface area contributed by atoms with Gasteiger partial charge in [-0.05, 0) is 39.8 Å². The number of piperidine rings is 1. The highest BCUT2D eigenvalue weighted by atomic mass is 15.2. The largest absolute Gasteiger partial charge is 0.345 e. The lowest BCUT2D eigenvalue weighted by molar-refractivity contribution is 0.170. The Balaban J connectivity index is 1.67. The molecule has 17 heavy (non-hydrogen) atoms. The highest BCUT2D eigenvalue weighted by Crippen LogP contribution is 2.11. The summed E-state index contributed by atoms with van der Waals surface area (Å²) >= 11 is 0. The van der Waals surface area contributed by atoms with E-state index in [1.54, 1.807) is 0 Å². The molecule has 1 unspecified atom stereocenters. The van der Waals surface area contributed by atoms with Crippen LogP contribution < -0.4 is 5.32 Å². The van der Waals surface area contributed by atoms with E-state index in [-0.39, 0.29) is 0 Å². The van der Waals surface area contributed by atoms with Crippen LogP contribution >= 0.6 is 0 Å². The summed E-state index contributed by atoms with van der Waals surface area (Å²) < 4.78 is 0. The first-order chi connectivity index (χ1) is 8.25. The summed E-state index contributed by atoms with van der Waals surface area (Å²) in [6.07, 6.45) is 6.05. The number of hydrogen-bond donors (Lipinski definition) is 2. The van der Waals surface area contributed by atoms with Gasteiger partial charge < -0.3 is 10.3 Å². The Bertz CT molecular complexity index is 328. The molecule has 1 saturated heterocycles. The number of aromatic nitrogens is 2. The van der Waals surface area contributed by atoms with Crippen molar-refractivity contribution >= 4 is 0 Å². The molecule has 1 aliphatic rings. The van der Waals surface area contributed by atoms with E-state index in [0.717, 1.165) is 18.9 Å². The van der Waals surface area contributed by atoms with Crippen molar-refractivity contribution in [1.29, 1.82) is 0 Å². The molecule has 1 aromatic rings. The summed E-state index contributed by atoms with van der Waals surface area (Å²) in [5.74, 6) is 0.992. The predicted molar refractivity (Wildman–Crippen MR) is 69.9 cm³/mol. The fourth-order valence-corrected chi connectivity index (χ4v) is 2.47. The van der Waals surface area contributed by atoms with Gasteiger partial charge in [0.05, 0.1) is 0 Å². The van der Waals surface area contributed by atoms with Gasteiger partial charge in [0.25, 0.3) is 0 Å². The van der Waals surface area contributed by atoms with Crippen molar-refractivity contribution in [2.45, 2.75) is 45.7 Å². The van der Waals surface area contributed by atoms with Crippen molar-refractivity contribution in [3.05, 3.63) is 17.7 Å². The SMILES string of the molecule is Cc1ncc(CNCC(C)N2CCCCC2)[nH]1. The Hall–Kier alpha value is -0.870. The molecule has 2 N–H and O–H groups in total. The molecule has 96 valence electrons. The van der Waals surface area contributed by atoms with Crippen LogP contribution in [-0.2, 0) is 6.54 Å². The standard InChI is InChI=1S/C13H24N4/c1-11(17-6-4-3-5-7-17)8-14-9-13-10-15-12(2)16-13/h10-11,14H,3-9H2,1-2H3,(H,15,16). The Morgan fingerprint density at radius 2 is 2.18 bits per heavy atom. The van der Waals surface area contributed by atoms with Crippen LogP contribution in [0.2, 0.25) is 0 Å². The van der Waals surface area contributed by atoms with Gasteiger partial charge in [0, 0.05) is 31.0 Å². The van der Waals surface area contributed by atoms with E-state index in [2.05, 4.69) is 27.1 Å². The second-order valence-corrected chi connectivity index (χ2v) is 5.07. The van der Waals surface area contributed by atoms with Gasteiger partial charge in [0.2, 0.25) is 0 Å². The zero-order valence-electron chi connectivity index (χ0n) is 11.0.